The summed E-state index contributed by atoms with van der Waals surface area (Å²) in [5, 5.41) is 9.85. The summed E-state index contributed by atoms with van der Waals surface area (Å²) in [4.78, 5) is 12.1. The van der Waals surface area contributed by atoms with Crippen molar-refractivity contribution in [2.24, 2.45) is 0 Å². The minimum absolute atomic E-state index is 0.227. The summed E-state index contributed by atoms with van der Waals surface area (Å²) < 4.78 is 27.8. The van der Waals surface area contributed by atoms with Crippen LogP contribution in [0.5, 0.6) is 0 Å². The van der Waals surface area contributed by atoms with Crippen LogP contribution in [0.25, 0.3) is 10.9 Å². The van der Waals surface area contributed by atoms with Crippen LogP contribution in [-0.4, -0.2) is 16.1 Å². The maximum atomic E-state index is 13.8. The summed E-state index contributed by atoms with van der Waals surface area (Å²) in [6, 6.07) is 7.20. The fourth-order valence-corrected chi connectivity index (χ4v) is 2.42. The summed E-state index contributed by atoms with van der Waals surface area (Å²) in [5.41, 5.74) is 0.357. The van der Waals surface area contributed by atoms with E-state index in [1.165, 1.54) is 0 Å². The average molecular weight is 352 g/mol. The Kier molecular flexibility index (Phi) is 3.42. The molecule has 0 atom stereocenters. The zero-order valence-corrected chi connectivity index (χ0v) is 12.0. The Morgan fingerprint density at radius 3 is 2.67 bits per heavy atom. The number of anilines is 1. The number of carbonyl (C=O) groups is 1. The molecule has 0 fully saturated rings. The SMILES string of the molecule is O=C(Nc1cccc2cn[nH]c12)c1c(F)cc(Br)cc1F. The van der Waals surface area contributed by atoms with E-state index in [0.29, 0.717) is 11.2 Å². The molecule has 106 valence electrons. The van der Waals surface area contributed by atoms with Gasteiger partial charge in [0.15, 0.2) is 0 Å². The minimum atomic E-state index is -0.934. The number of H-pyrrole nitrogens is 1. The predicted octanol–water partition coefficient (Wildman–Crippen LogP) is 3.86. The fourth-order valence-electron chi connectivity index (χ4n) is 2.02. The number of hydrogen-bond acceptors (Lipinski definition) is 2. The van der Waals surface area contributed by atoms with Gasteiger partial charge in [0.25, 0.3) is 5.91 Å². The number of halogens is 3. The largest absolute Gasteiger partial charge is 0.320 e. The molecule has 1 aromatic heterocycles. The van der Waals surface area contributed by atoms with Crippen LogP contribution in [0.2, 0.25) is 0 Å². The normalized spacial score (nSPS) is 10.8. The van der Waals surface area contributed by atoms with E-state index in [9.17, 15) is 13.6 Å². The van der Waals surface area contributed by atoms with Gasteiger partial charge in [0.1, 0.15) is 17.2 Å². The van der Waals surface area contributed by atoms with Crippen molar-refractivity contribution in [2.75, 3.05) is 5.32 Å². The number of nitrogens with zero attached hydrogens (tertiary/aromatic N) is 1. The molecule has 0 spiro atoms. The maximum absolute atomic E-state index is 13.8. The third-order valence-electron chi connectivity index (χ3n) is 2.96. The lowest BCUT2D eigenvalue weighted by Gasteiger charge is -2.08. The number of nitrogens with one attached hydrogen (secondary N) is 2. The molecule has 0 aliphatic carbocycles. The van der Waals surface area contributed by atoms with Crippen LogP contribution < -0.4 is 5.32 Å². The first-order valence-electron chi connectivity index (χ1n) is 5.94. The van der Waals surface area contributed by atoms with Gasteiger partial charge in [-0.25, -0.2) is 8.78 Å². The highest BCUT2D eigenvalue weighted by atomic mass is 79.9. The van der Waals surface area contributed by atoms with E-state index in [2.05, 4.69) is 31.4 Å². The van der Waals surface area contributed by atoms with Crippen molar-refractivity contribution >= 4 is 38.4 Å². The molecule has 4 nitrogen and oxygen atoms in total. The van der Waals surface area contributed by atoms with Crippen LogP contribution >= 0.6 is 15.9 Å². The second kappa shape index (κ2) is 5.25. The Balaban J connectivity index is 1.99. The second-order valence-corrected chi connectivity index (χ2v) is 5.25. The summed E-state index contributed by atoms with van der Waals surface area (Å²) >= 11 is 2.97. The molecule has 1 amide bonds. The van der Waals surface area contributed by atoms with Crippen LogP contribution in [0.3, 0.4) is 0 Å². The van der Waals surface area contributed by atoms with Gasteiger partial charge in [-0.1, -0.05) is 28.1 Å². The first kappa shape index (κ1) is 13.7. The van der Waals surface area contributed by atoms with Gasteiger partial charge in [-0.2, -0.15) is 5.10 Å². The van der Waals surface area contributed by atoms with Gasteiger partial charge in [-0.05, 0) is 18.2 Å². The summed E-state index contributed by atoms with van der Waals surface area (Å²) in [6.45, 7) is 0. The standard InChI is InChI=1S/C14H8BrF2N3O/c15-8-4-9(16)12(10(17)5-8)14(21)19-11-3-1-2-7-6-18-20-13(7)11/h1-6H,(H,18,20)(H,19,21). The maximum Gasteiger partial charge on any atom is 0.261 e. The van der Waals surface area contributed by atoms with Gasteiger partial charge in [0.05, 0.1) is 17.4 Å². The molecule has 21 heavy (non-hydrogen) atoms. The Morgan fingerprint density at radius 2 is 1.95 bits per heavy atom. The third-order valence-corrected chi connectivity index (χ3v) is 3.42. The summed E-state index contributed by atoms with van der Waals surface area (Å²) in [7, 11) is 0. The summed E-state index contributed by atoms with van der Waals surface area (Å²) in [5.74, 6) is -2.73. The minimum Gasteiger partial charge on any atom is -0.320 e. The number of fused-ring (bicyclic) bond motifs is 1. The van der Waals surface area contributed by atoms with Gasteiger partial charge in [0, 0.05) is 9.86 Å². The van der Waals surface area contributed by atoms with E-state index in [-0.39, 0.29) is 4.47 Å². The fraction of sp³-hybridized carbons (Fsp3) is 0. The number of aromatic amines is 1. The highest BCUT2D eigenvalue weighted by Gasteiger charge is 2.19. The zero-order chi connectivity index (χ0) is 15.0. The molecule has 0 saturated heterocycles. The highest BCUT2D eigenvalue weighted by molar-refractivity contribution is 9.10. The van der Waals surface area contributed by atoms with Crippen molar-refractivity contribution < 1.29 is 13.6 Å². The lowest BCUT2D eigenvalue weighted by Crippen LogP contribution is -2.16. The molecule has 0 bridgehead atoms. The molecule has 2 N–H and O–H groups in total. The number of hydrogen-bond donors (Lipinski definition) is 2. The molecular weight excluding hydrogens is 344 g/mol. The molecule has 3 rings (SSSR count). The van der Waals surface area contributed by atoms with E-state index in [1.54, 1.807) is 24.4 Å². The Labute approximate surface area is 126 Å². The van der Waals surface area contributed by atoms with E-state index in [1.807, 2.05) is 0 Å². The Bertz CT molecular complexity index is 824. The molecule has 0 aliphatic heterocycles. The van der Waals surface area contributed by atoms with E-state index >= 15 is 0 Å². The van der Waals surface area contributed by atoms with Crippen LogP contribution in [0, 0.1) is 11.6 Å². The zero-order valence-electron chi connectivity index (χ0n) is 10.5. The molecule has 2 aromatic carbocycles. The van der Waals surface area contributed by atoms with Crippen molar-refractivity contribution in [3.05, 3.63) is 58.2 Å². The number of carbonyl (C=O) groups excluding carboxylic acids is 1. The number of rotatable bonds is 2. The van der Waals surface area contributed by atoms with Crippen molar-refractivity contribution in [3.8, 4) is 0 Å². The molecular formula is C14H8BrF2N3O. The first-order valence-corrected chi connectivity index (χ1v) is 6.73. The number of amides is 1. The van der Waals surface area contributed by atoms with Gasteiger partial charge < -0.3 is 5.32 Å². The van der Waals surface area contributed by atoms with Crippen molar-refractivity contribution in [3.63, 3.8) is 0 Å². The Morgan fingerprint density at radius 1 is 1.24 bits per heavy atom. The molecule has 7 heteroatoms. The molecule has 0 saturated carbocycles. The van der Waals surface area contributed by atoms with Gasteiger partial charge in [-0.3, -0.25) is 9.89 Å². The lowest BCUT2D eigenvalue weighted by molar-refractivity contribution is 0.101. The van der Waals surface area contributed by atoms with Crippen molar-refractivity contribution in [1.29, 1.82) is 0 Å². The molecule has 0 aliphatic rings. The van der Waals surface area contributed by atoms with Gasteiger partial charge in [0.2, 0.25) is 0 Å². The molecule has 0 unspecified atom stereocenters. The number of benzene rings is 2. The quantitative estimate of drug-likeness (QED) is 0.736. The third kappa shape index (κ3) is 2.52. The van der Waals surface area contributed by atoms with Gasteiger partial charge in [-0.15, -0.1) is 0 Å². The predicted molar refractivity (Wildman–Crippen MR) is 78.1 cm³/mol. The second-order valence-electron chi connectivity index (χ2n) is 4.34. The van der Waals surface area contributed by atoms with Crippen LogP contribution in [0.15, 0.2) is 41.0 Å². The monoisotopic (exact) mass is 351 g/mol. The van der Waals surface area contributed by atoms with Crippen LogP contribution in [0.1, 0.15) is 10.4 Å². The van der Waals surface area contributed by atoms with E-state index < -0.39 is 23.1 Å². The van der Waals surface area contributed by atoms with Crippen molar-refractivity contribution in [2.45, 2.75) is 0 Å². The molecule has 1 heterocycles. The van der Waals surface area contributed by atoms with E-state index in [4.69, 9.17) is 0 Å². The number of aromatic nitrogens is 2. The van der Waals surface area contributed by atoms with E-state index in [0.717, 1.165) is 17.5 Å². The number of para-hydroxylation sites is 1. The average Bonchev–Trinajstić information content (AvgIpc) is 2.86. The first-order chi connectivity index (χ1) is 10.1. The lowest BCUT2D eigenvalue weighted by atomic mass is 10.1. The van der Waals surface area contributed by atoms with Crippen molar-refractivity contribution in [1.82, 2.24) is 10.2 Å². The summed E-state index contributed by atoms with van der Waals surface area (Å²) in [6.07, 6.45) is 1.59. The van der Waals surface area contributed by atoms with Crippen LogP contribution in [-0.2, 0) is 0 Å². The Hall–Kier alpha value is -2.28. The smallest absolute Gasteiger partial charge is 0.261 e. The van der Waals surface area contributed by atoms with Gasteiger partial charge >= 0.3 is 0 Å². The molecule has 0 radical (unpaired) electrons. The highest BCUT2D eigenvalue weighted by Crippen LogP contribution is 2.24. The van der Waals surface area contributed by atoms with Crippen LogP contribution in [0.4, 0.5) is 14.5 Å². The topological polar surface area (TPSA) is 57.8 Å². The molecule has 3 aromatic rings.